The van der Waals surface area contributed by atoms with E-state index < -0.39 is 66.8 Å². The van der Waals surface area contributed by atoms with Gasteiger partial charge in [0.15, 0.2) is 5.96 Å². The normalized spacial score (nSPS) is 15.2. The fourth-order valence-electron chi connectivity index (χ4n) is 4.19. The molecule has 0 aliphatic carbocycles. The number of H-pyrrole nitrogens is 1. The van der Waals surface area contributed by atoms with Crippen LogP contribution in [0, 0.1) is 6.92 Å². The lowest BCUT2D eigenvalue weighted by Crippen LogP contribution is -2.41. The minimum atomic E-state index is -5.08. The first-order valence-corrected chi connectivity index (χ1v) is 13.7. The number of aryl methyl sites for hydroxylation is 1. The van der Waals surface area contributed by atoms with Crippen molar-refractivity contribution in [1.82, 2.24) is 26.1 Å². The molecule has 0 radical (unpaired) electrons. The van der Waals surface area contributed by atoms with Crippen LogP contribution in [0.1, 0.15) is 39.5 Å². The van der Waals surface area contributed by atoms with E-state index in [4.69, 9.17) is 9.90 Å². The van der Waals surface area contributed by atoms with Gasteiger partial charge in [-0.15, -0.1) is 0 Å². The molecule has 1 aliphatic heterocycles. The van der Waals surface area contributed by atoms with Gasteiger partial charge in [-0.2, -0.15) is 31.4 Å². The fourth-order valence-corrected chi connectivity index (χ4v) is 4.19. The predicted molar refractivity (Wildman–Crippen MR) is 155 cm³/mol. The van der Waals surface area contributed by atoms with Crippen molar-refractivity contribution in [1.29, 1.82) is 0 Å². The molecular weight excluding hydrogens is 663 g/mol. The fraction of sp³-hybridized carbons (Fsp3) is 0.357. The molecule has 20 heteroatoms. The van der Waals surface area contributed by atoms with Crippen molar-refractivity contribution >= 4 is 46.3 Å². The zero-order chi connectivity index (χ0) is 35.8. The number of aromatic amines is 1. The van der Waals surface area contributed by atoms with E-state index in [-0.39, 0.29) is 29.8 Å². The number of aliphatic imine (C=N–C) groups is 1. The number of nitrogens with one attached hydrogen (secondary N) is 5. The van der Waals surface area contributed by atoms with E-state index in [1.54, 1.807) is 0 Å². The largest absolute Gasteiger partial charge is 0.490 e. The van der Waals surface area contributed by atoms with Gasteiger partial charge in [-0.25, -0.2) is 14.2 Å². The summed E-state index contributed by atoms with van der Waals surface area (Å²) in [6.07, 6.45) is -9.72. The van der Waals surface area contributed by atoms with Crippen molar-refractivity contribution in [2.45, 2.75) is 37.9 Å². The van der Waals surface area contributed by atoms with Gasteiger partial charge in [0.05, 0.1) is 62.2 Å². The van der Waals surface area contributed by atoms with Gasteiger partial charge in [0.25, 0.3) is 5.91 Å². The number of halogens is 7. The van der Waals surface area contributed by atoms with E-state index in [1.807, 2.05) is 0 Å². The SMILES string of the molecule is COC(=O)C[C@H](NC(=O)CNC(=O)c1cc(NC2=NCC(F)CN2)c2cn[nH]c2c1)c1ccc(C)c(C(F)(F)F)c1.O=C(O)C(F)(F)F. The Hall–Kier alpha value is -5.43. The first-order valence-electron chi connectivity index (χ1n) is 13.7. The van der Waals surface area contributed by atoms with Crippen molar-refractivity contribution < 1.29 is 59.8 Å². The standard InChI is InChI=1S/C26H27F4N7O4.C2HF3O2/c1-13-3-4-14(5-18(13)26(28,29)30)19(8-23(39)41-2)35-22(38)12-31-24(40)15-6-20(17-11-34-37-21(17)7-15)36-25-32-9-16(27)10-33-25;3-2(4,5)1(6)7/h3-7,11,16,19H,8-10,12H2,1-2H3,(H,31,40)(H,34,37)(H,35,38)(H2,32,33,36);(H,6,7)/t19-;/m0./s1. The molecule has 0 saturated carbocycles. The number of esters is 1. The van der Waals surface area contributed by atoms with Crippen molar-refractivity contribution in [3.05, 3.63) is 58.8 Å². The van der Waals surface area contributed by atoms with Crippen LogP contribution in [0.25, 0.3) is 10.9 Å². The molecule has 1 aromatic heterocycles. The number of carbonyl (C=O) groups is 4. The molecule has 260 valence electrons. The Bertz CT molecular complexity index is 1690. The first-order chi connectivity index (χ1) is 22.4. The Labute approximate surface area is 266 Å². The molecule has 1 aliphatic rings. The summed E-state index contributed by atoms with van der Waals surface area (Å²) in [7, 11) is 1.12. The number of carbonyl (C=O) groups excluding carboxylic acids is 3. The molecule has 2 amide bonds. The number of methoxy groups -OCH3 is 1. The molecule has 4 rings (SSSR count). The third-order valence-electron chi connectivity index (χ3n) is 6.57. The highest BCUT2D eigenvalue weighted by atomic mass is 19.4. The number of ether oxygens (including phenoxy) is 1. The summed E-state index contributed by atoms with van der Waals surface area (Å²) in [4.78, 5) is 50.6. The van der Waals surface area contributed by atoms with Gasteiger partial charge in [-0.1, -0.05) is 12.1 Å². The van der Waals surface area contributed by atoms with Crippen LogP contribution in [0.5, 0.6) is 0 Å². The van der Waals surface area contributed by atoms with Gasteiger partial charge in [0.2, 0.25) is 5.91 Å². The number of nitrogens with zero attached hydrogens (tertiary/aromatic N) is 2. The third kappa shape index (κ3) is 10.3. The molecular formula is C28H28F7N7O6. The number of carboxylic acid groups (broad SMARTS) is 1. The van der Waals surface area contributed by atoms with Crippen LogP contribution in [-0.2, 0) is 25.3 Å². The maximum absolute atomic E-state index is 13.4. The lowest BCUT2D eigenvalue weighted by atomic mass is 9.98. The molecule has 3 aromatic rings. The number of benzene rings is 2. The molecule has 2 aromatic carbocycles. The van der Waals surface area contributed by atoms with Crippen molar-refractivity contribution in [2.24, 2.45) is 4.99 Å². The van der Waals surface area contributed by atoms with Crippen molar-refractivity contribution in [3.63, 3.8) is 0 Å². The number of carboxylic acids is 1. The van der Waals surface area contributed by atoms with E-state index >= 15 is 0 Å². The molecule has 0 spiro atoms. The van der Waals surface area contributed by atoms with Crippen LogP contribution in [0.4, 0.5) is 36.4 Å². The highest BCUT2D eigenvalue weighted by Gasteiger charge is 2.38. The number of hydrogen-bond acceptors (Lipinski definition) is 9. The van der Waals surface area contributed by atoms with Crippen LogP contribution < -0.4 is 21.3 Å². The van der Waals surface area contributed by atoms with Gasteiger partial charge in [0, 0.05) is 10.9 Å². The van der Waals surface area contributed by atoms with Crippen molar-refractivity contribution in [3.8, 4) is 0 Å². The van der Waals surface area contributed by atoms with Gasteiger partial charge in [-0.3, -0.25) is 19.5 Å². The zero-order valence-electron chi connectivity index (χ0n) is 25.0. The van der Waals surface area contributed by atoms with Crippen LogP contribution in [0.2, 0.25) is 0 Å². The van der Waals surface area contributed by atoms with Crippen LogP contribution in [0.15, 0.2) is 41.5 Å². The van der Waals surface area contributed by atoms with Gasteiger partial charge >= 0.3 is 24.3 Å². The Morgan fingerprint density at radius 3 is 2.38 bits per heavy atom. The lowest BCUT2D eigenvalue weighted by Gasteiger charge is -2.21. The molecule has 0 fully saturated rings. The number of alkyl halides is 7. The average Bonchev–Trinajstić information content (AvgIpc) is 3.49. The van der Waals surface area contributed by atoms with E-state index in [9.17, 15) is 45.1 Å². The molecule has 6 N–H and O–H groups in total. The molecule has 13 nitrogen and oxygen atoms in total. The van der Waals surface area contributed by atoms with Crippen LogP contribution in [-0.4, -0.2) is 84.1 Å². The molecule has 2 atom stereocenters. The predicted octanol–water partition coefficient (Wildman–Crippen LogP) is 3.38. The Balaban J connectivity index is 0.000000804. The number of guanidine groups is 1. The molecule has 48 heavy (non-hydrogen) atoms. The number of anilines is 1. The molecule has 0 saturated heterocycles. The smallest absolute Gasteiger partial charge is 0.475 e. The summed E-state index contributed by atoms with van der Waals surface area (Å²) < 4.78 is 90.1. The minimum Gasteiger partial charge on any atom is -0.475 e. The zero-order valence-corrected chi connectivity index (χ0v) is 25.0. The van der Waals surface area contributed by atoms with Gasteiger partial charge in [0.1, 0.15) is 6.17 Å². The summed E-state index contributed by atoms with van der Waals surface area (Å²) in [5, 5.41) is 25.3. The summed E-state index contributed by atoms with van der Waals surface area (Å²) in [6.45, 7) is 0.823. The summed E-state index contributed by atoms with van der Waals surface area (Å²) in [5.74, 6) is -4.57. The molecule has 0 bridgehead atoms. The quantitative estimate of drug-likeness (QED) is 0.152. The van der Waals surface area contributed by atoms with Crippen molar-refractivity contribution in [2.75, 3.05) is 32.1 Å². The molecule has 1 unspecified atom stereocenters. The maximum atomic E-state index is 13.4. The second-order valence-electron chi connectivity index (χ2n) is 10.1. The number of amides is 2. The third-order valence-corrected chi connectivity index (χ3v) is 6.57. The highest BCUT2D eigenvalue weighted by Crippen LogP contribution is 2.34. The summed E-state index contributed by atoms with van der Waals surface area (Å²) in [5.41, 5.74) is 0.236. The van der Waals surface area contributed by atoms with Gasteiger partial charge < -0.3 is 31.1 Å². The second-order valence-corrected chi connectivity index (χ2v) is 10.1. The van der Waals surface area contributed by atoms with E-state index in [0.29, 0.717) is 22.5 Å². The minimum absolute atomic E-state index is 0.0160. The second kappa shape index (κ2) is 15.4. The van der Waals surface area contributed by atoms with Crippen LogP contribution in [0.3, 0.4) is 0 Å². The number of rotatable bonds is 8. The Morgan fingerprint density at radius 1 is 1.10 bits per heavy atom. The van der Waals surface area contributed by atoms with Crippen LogP contribution >= 0.6 is 0 Å². The van der Waals surface area contributed by atoms with E-state index in [2.05, 4.69) is 41.2 Å². The maximum Gasteiger partial charge on any atom is 0.490 e. The Kier molecular flexibility index (Phi) is 11.9. The first kappa shape index (κ1) is 37.0. The molecule has 2 heterocycles. The summed E-state index contributed by atoms with van der Waals surface area (Å²) >= 11 is 0. The number of aliphatic carboxylic acids is 1. The number of aromatic nitrogens is 2. The summed E-state index contributed by atoms with van der Waals surface area (Å²) in [6, 6.07) is 5.37. The Morgan fingerprint density at radius 2 is 1.79 bits per heavy atom. The average molecular weight is 692 g/mol. The monoisotopic (exact) mass is 691 g/mol. The van der Waals surface area contributed by atoms with E-state index in [1.165, 1.54) is 37.4 Å². The van der Waals surface area contributed by atoms with E-state index in [0.717, 1.165) is 13.2 Å². The number of hydrogen-bond donors (Lipinski definition) is 6. The number of fused-ring (bicyclic) bond motifs is 1. The topological polar surface area (TPSA) is 187 Å². The highest BCUT2D eigenvalue weighted by molar-refractivity contribution is 6.07. The van der Waals surface area contributed by atoms with Gasteiger partial charge in [-0.05, 0) is 36.2 Å². The lowest BCUT2D eigenvalue weighted by molar-refractivity contribution is -0.192.